The summed E-state index contributed by atoms with van der Waals surface area (Å²) in [7, 11) is 0. The van der Waals surface area contributed by atoms with E-state index in [0.717, 1.165) is 24.5 Å². The van der Waals surface area contributed by atoms with Crippen LogP contribution in [0.4, 0.5) is 0 Å². The number of halogens is 1. The molecule has 0 heterocycles. The lowest BCUT2D eigenvalue weighted by atomic mass is 10.1. The van der Waals surface area contributed by atoms with Crippen LogP contribution in [0.3, 0.4) is 0 Å². The number of unbranched alkanes of at least 4 members (excludes halogenated alkanes) is 5. The van der Waals surface area contributed by atoms with E-state index in [1.54, 1.807) is 0 Å². The van der Waals surface area contributed by atoms with E-state index >= 15 is 0 Å². The van der Waals surface area contributed by atoms with Crippen molar-refractivity contribution in [3.63, 3.8) is 0 Å². The molecule has 0 aromatic carbocycles. The van der Waals surface area contributed by atoms with Gasteiger partial charge in [-0.3, -0.25) is 0 Å². The number of hydrogen-bond acceptors (Lipinski definition) is 1. The topological polar surface area (TPSA) is 17.1 Å². The highest BCUT2D eigenvalue weighted by Gasteiger charge is 1.88. The van der Waals surface area contributed by atoms with Crippen LogP contribution in [0.15, 0.2) is 0 Å². The largest absolute Gasteiger partial charge is 0.303 e. The first kappa shape index (κ1) is 10.2. The Hall–Kier alpha value is 0.150. The van der Waals surface area contributed by atoms with Gasteiger partial charge >= 0.3 is 0 Å². The number of carbonyl (C=O) groups is 1. The first-order valence-corrected chi connectivity index (χ1v) is 5.03. The van der Waals surface area contributed by atoms with Crippen LogP contribution in [0.25, 0.3) is 0 Å². The van der Waals surface area contributed by atoms with E-state index in [2.05, 4.69) is 15.9 Å². The van der Waals surface area contributed by atoms with Crippen LogP contribution in [-0.2, 0) is 4.79 Å². The van der Waals surface area contributed by atoms with Crippen LogP contribution in [0, 0.1) is 0 Å². The third-order valence-corrected chi connectivity index (χ3v) is 2.02. The van der Waals surface area contributed by atoms with Crippen molar-refractivity contribution in [2.45, 2.75) is 38.5 Å². The normalized spacial score (nSPS) is 9.70. The summed E-state index contributed by atoms with van der Waals surface area (Å²) in [5.74, 6) is 0. The molecule has 0 saturated carbocycles. The van der Waals surface area contributed by atoms with Crippen molar-refractivity contribution in [3.05, 3.63) is 0 Å². The Bertz CT molecular complexity index is 73.7. The zero-order valence-electron chi connectivity index (χ0n) is 6.31. The lowest BCUT2D eigenvalue weighted by Gasteiger charge is -1.95. The molecule has 0 aromatic heterocycles. The monoisotopic (exact) mass is 206 g/mol. The van der Waals surface area contributed by atoms with Gasteiger partial charge in [-0.25, -0.2) is 0 Å². The Morgan fingerprint density at radius 3 is 2.20 bits per heavy atom. The fraction of sp³-hybridized carbons (Fsp3) is 0.875. The average molecular weight is 207 g/mol. The Kier molecular flexibility index (Phi) is 9.29. The molecule has 0 saturated heterocycles. The van der Waals surface area contributed by atoms with E-state index in [0.29, 0.717) is 0 Å². The van der Waals surface area contributed by atoms with Gasteiger partial charge in [0, 0.05) is 11.8 Å². The third-order valence-electron chi connectivity index (χ3n) is 1.46. The van der Waals surface area contributed by atoms with Crippen LogP contribution in [0.5, 0.6) is 0 Å². The van der Waals surface area contributed by atoms with Gasteiger partial charge in [0.1, 0.15) is 6.29 Å². The van der Waals surface area contributed by atoms with Crippen molar-refractivity contribution in [3.8, 4) is 0 Å². The van der Waals surface area contributed by atoms with Crippen molar-refractivity contribution in [2.24, 2.45) is 0 Å². The first-order chi connectivity index (χ1) is 4.91. The van der Waals surface area contributed by atoms with Crippen molar-refractivity contribution in [1.82, 2.24) is 0 Å². The predicted molar refractivity (Wildman–Crippen MR) is 47.6 cm³/mol. The Balaban J connectivity index is 2.70. The van der Waals surface area contributed by atoms with Crippen molar-refractivity contribution in [1.29, 1.82) is 0 Å². The second-order valence-electron chi connectivity index (χ2n) is 2.41. The fourth-order valence-electron chi connectivity index (χ4n) is 0.852. The van der Waals surface area contributed by atoms with E-state index in [9.17, 15) is 4.79 Å². The van der Waals surface area contributed by atoms with Crippen LogP contribution in [0.2, 0.25) is 0 Å². The lowest BCUT2D eigenvalue weighted by Crippen LogP contribution is -1.80. The second-order valence-corrected chi connectivity index (χ2v) is 3.21. The summed E-state index contributed by atoms with van der Waals surface area (Å²) >= 11 is 3.38. The molecule has 2 heteroatoms. The van der Waals surface area contributed by atoms with Gasteiger partial charge in [0.2, 0.25) is 0 Å². The maximum Gasteiger partial charge on any atom is 0.119 e. The van der Waals surface area contributed by atoms with E-state index in [-0.39, 0.29) is 0 Å². The summed E-state index contributed by atoms with van der Waals surface area (Å²) in [6.07, 6.45) is 7.88. The number of alkyl halides is 1. The number of hydrogen-bond donors (Lipinski definition) is 0. The highest BCUT2D eigenvalue weighted by atomic mass is 79.9. The molecule has 0 unspecified atom stereocenters. The quantitative estimate of drug-likeness (QED) is 0.356. The molecular weight excluding hydrogens is 192 g/mol. The van der Waals surface area contributed by atoms with Crippen LogP contribution >= 0.6 is 15.9 Å². The fourth-order valence-corrected chi connectivity index (χ4v) is 1.25. The Morgan fingerprint density at radius 2 is 1.60 bits per heavy atom. The molecule has 0 aliphatic heterocycles. The molecule has 10 heavy (non-hydrogen) atoms. The molecule has 0 bridgehead atoms. The standard InChI is InChI=1S/C8H15BrO/c9-7-5-3-1-2-4-6-8-10/h8H,1-7H2. The van der Waals surface area contributed by atoms with Gasteiger partial charge in [-0.2, -0.15) is 0 Å². The molecule has 0 fully saturated rings. The number of carbonyl (C=O) groups excluding carboxylic acids is 1. The molecule has 0 N–H and O–H groups in total. The minimum absolute atomic E-state index is 0.744. The predicted octanol–water partition coefficient (Wildman–Crippen LogP) is 2.92. The van der Waals surface area contributed by atoms with Gasteiger partial charge < -0.3 is 4.79 Å². The molecule has 0 rings (SSSR count). The first-order valence-electron chi connectivity index (χ1n) is 3.91. The van der Waals surface area contributed by atoms with E-state index in [4.69, 9.17) is 0 Å². The number of rotatable bonds is 7. The molecule has 0 aromatic rings. The maximum absolute atomic E-state index is 9.89. The Labute approximate surface area is 71.3 Å². The summed E-state index contributed by atoms with van der Waals surface area (Å²) in [5, 5.41) is 1.11. The molecule has 1 nitrogen and oxygen atoms in total. The minimum Gasteiger partial charge on any atom is -0.303 e. The minimum atomic E-state index is 0.744. The van der Waals surface area contributed by atoms with Crippen molar-refractivity contribution < 1.29 is 4.79 Å². The van der Waals surface area contributed by atoms with Crippen molar-refractivity contribution >= 4 is 22.2 Å². The number of aldehydes is 1. The van der Waals surface area contributed by atoms with E-state index < -0.39 is 0 Å². The SMILES string of the molecule is O=CCCCCCCCBr. The van der Waals surface area contributed by atoms with Gasteiger partial charge in [-0.1, -0.05) is 35.2 Å². The van der Waals surface area contributed by atoms with Gasteiger partial charge in [0.15, 0.2) is 0 Å². The summed E-state index contributed by atoms with van der Waals surface area (Å²) in [6.45, 7) is 0. The molecule has 0 atom stereocenters. The van der Waals surface area contributed by atoms with Crippen LogP contribution < -0.4 is 0 Å². The molecule has 0 aliphatic rings. The molecule has 0 spiro atoms. The summed E-state index contributed by atoms with van der Waals surface area (Å²) in [6, 6.07) is 0. The van der Waals surface area contributed by atoms with E-state index in [1.807, 2.05) is 0 Å². The molecular formula is C8H15BrO. The highest BCUT2D eigenvalue weighted by molar-refractivity contribution is 9.09. The van der Waals surface area contributed by atoms with Gasteiger partial charge in [-0.15, -0.1) is 0 Å². The second kappa shape index (κ2) is 9.15. The lowest BCUT2D eigenvalue weighted by molar-refractivity contribution is -0.107. The smallest absolute Gasteiger partial charge is 0.119 e. The van der Waals surface area contributed by atoms with Gasteiger partial charge in [0.05, 0.1) is 0 Å². The van der Waals surface area contributed by atoms with Crippen LogP contribution in [-0.4, -0.2) is 11.6 Å². The third kappa shape index (κ3) is 8.15. The molecule has 60 valence electrons. The maximum atomic E-state index is 9.89. The molecule has 0 amide bonds. The van der Waals surface area contributed by atoms with Crippen molar-refractivity contribution in [2.75, 3.05) is 5.33 Å². The van der Waals surface area contributed by atoms with E-state index in [1.165, 1.54) is 25.7 Å². The highest BCUT2D eigenvalue weighted by Crippen LogP contribution is 2.05. The van der Waals surface area contributed by atoms with Gasteiger partial charge in [-0.05, 0) is 12.8 Å². The zero-order chi connectivity index (χ0) is 7.66. The summed E-state index contributed by atoms with van der Waals surface area (Å²) in [4.78, 5) is 9.89. The molecule has 0 radical (unpaired) electrons. The average Bonchev–Trinajstić information content (AvgIpc) is 1.97. The molecule has 0 aliphatic carbocycles. The van der Waals surface area contributed by atoms with Crippen LogP contribution in [0.1, 0.15) is 38.5 Å². The Morgan fingerprint density at radius 1 is 1.00 bits per heavy atom. The van der Waals surface area contributed by atoms with Gasteiger partial charge in [0.25, 0.3) is 0 Å². The zero-order valence-corrected chi connectivity index (χ0v) is 7.90. The summed E-state index contributed by atoms with van der Waals surface area (Å²) < 4.78 is 0. The summed E-state index contributed by atoms with van der Waals surface area (Å²) in [5.41, 5.74) is 0.